The van der Waals surface area contributed by atoms with Crippen molar-refractivity contribution in [1.29, 1.82) is 0 Å². The molecule has 1 amide bonds. The molecule has 0 aromatic heterocycles. The highest BCUT2D eigenvalue weighted by molar-refractivity contribution is 5.95. The maximum Gasteiger partial charge on any atom is 0.271 e. The molecule has 0 bridgehead atoms. The van der Waals surface area contributed by atoms with E-state index in [2.05, 4.69) is 10.5 Å². The van der Waals surface area contributed by atoms with E-state index < -0.39 is 0 Å². The van der Waals surface area contributed by atoms with Gasteiger partial charge in [-0.15, -0.1) is 0 Å². The van der Waals surface area contributed by atoms with E-state index in [9.17, 15) is 4.79 Å². The predicted octanol–water partition coefficient (Wildman–Crippen LogP) is 3.16. The molecule has 0 heterocycles. The van der Waals surface area contributed by atoms with Crippen LogP contribution in [-0.4, -0.2) is 18.7 Å². The van der Waals surface area contributed by atoms with Gasteiger partial charge in [-0.2, -0.15) is 5.10 Å². The smallest absolute Gasteiger partial charge is 0.271 e. The van der Waals surface area contributed by atoms with Gasteiger partial charge in [0.1, 0.15) is 5.75 Å². The molecule has 4 nitrogen and oxygen atoms in total. The summed E-state index contributed by atoms with van der Waals surface area (Å²) in [6.45, 7) is 4.48. The van der Waals surface area contributed by atoms with Gasteiger partial charge < -0.3 is 4.74 Å². The normalized spacial score (nSPS) is 10.6. The lowest BCUT2D eigenvalue weighted by molar-refractivity contribution is 0.0955. The summed E-state index contributed by atoms with van der Waals surface area (Å²) in [7, 11) is 0. The fourth-order valence-electron chi connectivity index (χ4n) is 1.80. The van der Waals surface area contributed by atoms with Crippen molar-refractivity contribution in [3.05, 3.63) is 65.2 Å². The highest BCUT2D eigenvalue weighted by Gasteiger charge is 2.03. The zero-order valence-electron chi connectivity index (χ0n) is 12.2. The molecule has 0 unspecified atom stereocenters. The first-order valence-electron chi connectivity index (χ1n) is 6.82. The van der Waals surface area contributed by atoms with Crippen LogP contribution < -0.4 is 10.2 Å². The Morgan fingerprint density at radius 3 is 2.62 bits per heavy atom. The molecular formula is C17H18N2O2. The van der Waals surface area contributed by atoms with Crippen molar-refractivity contribution in [3.8, 4) is 5.75 Å². The number of hydrogen-bond donors (Lipinski definition) is 1. The Bertz CT molecular complexity index is 633. The Labute approximate surface area is 124 Å². The molecule has 108 valence electrons. The molecule has 2 aromatic rings. The topological polar surface area (TPSA) is 50.7 Å². The molecule has 4 heteroatoms. The molecule has 0 radical (unpaired) electrons. The molecule has 0 saturated heterocycles. The number of nitrogens with one attached hydrogen (secondary N) is 1. The minimum atomic E-state index is -0.236. The van der Waals surface area contributed by atoms with Crippen molar-refractivity contribution in [2.24, 2.45) is 5.10 Å². The van der Waals surface area contributed by atoms with E-state index in [0.717, 1.165) is 16.9 Å². The first-order chi connectivity index (χ1) is 10.2. The highest BCUT2D eigenvalue weighted by atomic mass is 16.5. The molecule has 0 spiro atoms. The molecule has 0 aliphatic rings. The molecular weight excluding hydrogens is 264 g/mol. The lowest BCUT2D eigenvalue weighted by atomic mass is 10.1. The Balaban J connectivity index is 2.02. The summed E-state index contributed by atoms with van der Waals surface area (Å²) in [5.74, 6) is 0.508. The molecule has 21 heavy (non-hydrogen) atoms. The minimum Gasteiger partial charge on any atom is -0.493 e. The van der Waals surface area contributed by atoms with Crippen LogP contribution in [-0.2, 0) is 0 Å². The number of hydrogen-bond acceptors (Lipinski definition) is 3. The van der Waals surface area contributed by atoms with Crippen molar-refractivity contribution < 1.29 is 9.53 Å². The minimum absolute atomic E-state index is 0.236. The van der Waals surface area contributed by atoms with Gasteiger partial charge in [-0.1, -0.05) is 29.8 Å². The number of para-hydroxylation sites is 1. The van der Waals surface area contributed by atoms with Crippen LogP contribution in [0.2, 0.25) is 0 Å². The number of rotatable bonds is 5. The highest BCUT2D eigenvalue weighted by Crippen LogP contribution is 2.15. The van der Waals surface area contributed by atoms with E-state index in [4.69, 9.17) is 4.74 Å². The molecule has 1 N–H and O–H groups in total. The standard InChI is InChI=1S/C17H18N2O2/c1-3-21-16-7-5-4-6-15(16)12-18-19-17(20)14-10-8-13(2)9-11-14/h4-12H,3H2,1-2H3,(H,19,20). The maximum atomic E-state index is 11.9. The second kappa shape index (κ2) is 7.24. The van der Waals surface area contributed by atoms with Crippen LogP contribution in [0, 0.1) is 6.92 Å². The SMILES string of the molecule is CCOc1ccccc1C=NNC(=O)c1ccc(C)cc1. The van der Waals surface area contributed by atoms with Gasteiger partial charge in [-0.25, -0.2) is 5.43 Å². The average molecular weight is 282 g/mol. The number of aryl methyl sites for hydroxylation is 1. The van der Waals surface area contributed by atoms with Crippen molar-refractivity contribution in [2.45, 2.75) is 13.8 Å². The van der Waals surface area contributed by atoms with Gasteiger partial charge in [-0.3, -0.25) is 4.79 Å². The van der Waals surface area contributed by atoms with E-state index in [1.807, 2.05) is 50.2 Å². The second-order valence-corrected chi connectivity index (χ2v) is 4.54. The van der Waals surface area contributed by atoms with E-state index >= 15 is 0 Å². The van der Waals surface area contributed by atoms with E-state index in [1.54, 1.807) is 18.3 Å². The van der Waals surface area contributed by atoms with Crippen LogP contribution in [0.3, 0.4) is 0 Å². The fraction of sp³-hybridized carbons (Fsp3) is 0.176. The molecule has 0 fully saturated rings. The molecule has 2 rings (SSSR count). The summed E-state index contributed by atoms with van der Waals surface area (Å²) in [6, 6.07) is 14.9. The van der Waals surface area contributed by atoms with Crippen LogP contribution in [0.15, 0.2) is 53.6 Å². The van der Waals surface area contributed by atoms with Gasteiger partial charge in [0.2, 0.25) is 0 Å². The molecule has 0 aliphatic heterocycles. The summed E-state index contributed by atoms with van der Waals surface area (Å²) >= 11 is 0. The number of nitrogens with zero attached hydrogens (tertiary/aromatic N) is 1. The number of hydrazone groups is 1. The van der Waals surface area contributed by atoms with Gasteiger partial charge in [0.15, 0.2) is 0 Å². The van der Waals surface area contributed by atoms with Crippen LogP contribution >= 0.6 is 0 Å². The van der Waals surface area contributed by atoms with Crippen LogP contribution in [0.4, 0.5) is 0 Å². The summed E-state index contributed by atoms with van der Waals surface area (Å²) < 4.78 is 5.49. The first-order valence-corrected chi connectivity index (χ1v) is 6.82. The molecule has 0 saturated carbocycles. The number of carbonyl (C=O) groups is 1. The Kier molecular flexibility index (Phi) is 5.10. The van der Waals surface area contributed by atoms with Crippen molar-refractivity contribution in [1.82, 2.24) is 5.43 Å². The first kappa shape index (κ1) is 14.8. The average Bonchev–Trinajstić information content (AvgIpc) is 2.50. The van der Waals surface area contributed by atoms with Crippen LogP contribution in [0.25, 0.3) is 0 Å². The van der Waals surface area contributed by atoms with Crippen molar-refractivity contribution in [3.63, 3.8) is 0 Å². The van der Waals surface area contributed by atoms with Gasteiger partial charge >= 0.3 is 0 Å². The third-order valence-electron chi connectivity index (χ3n) is 2.90. The van der Waals surface area contributed by atoms with Gasteiger partial charge in [0.05, 0.1) is 12.8 Å². The lowest BCUT2D eigenvalue weighted by Gasteiger charge is -2.06. The number of benzene rings is 2. The Hall–Kier alpha value is -2.62. The van der Waals surface area contributed by atoms with Gasteiger partial charge in [0, 0.05) is 11.1 Å². The van der Waals surface area contributed by atoms with Crippen molar-refractivity contribution >= 4 is 12.1 Å². The second-order valence-electron chi connectivity index (χ2n) is 4.54. The largest absolute Gasteiger partial charge is 0.493 e. The van der Waals surface area contributed by atoms with E-state index in [1.165, 1.54) is 0 Å². The summed E-state index contributed by atoms with van der Waals surface area (Å²) in [5, 5.41) is 3.98. The Morgan fingerprint density at radius 2 is 1.90 bits per heavy atom. The summed E-state index contributed by atoms with van der Waals surface area (Å²) in [4.78, 5) is 11.9. The number of carbonyl (C=O) groups excluding carboxylic acids is 1. The molecule has 0 aliphatic carbocycles. The molecule has 2 aromatic carbocycles. The fourth-order valence-corrected chi connectivity index (χ4v) is 1.80. The summed E-state index contributed by atoms with van der Waals surface area (Å²) in [5.41, 5.74) is 5.03. The quantitative estimate of drug-likeness (QED) is 0.676. The predicted molar refractivity (Wildman–Crippen MR) is 83.9 cm³/mol. The van der Waals surface area contributed by atoms with Crippen molar-refractivity contribution in [2.75, 3.05) is 6.61 Å². The zero-order chi connectivity index (χ0) is 15.1. The third kappa shape index (κ3) is 4.18. The maximum absolute atomic E-state index is 11.9. The van der Waals surface area contributed by atoms with Crippen LogP contribution in [0.1, 0.15) is 28.4 Å². The van der Waals surface area contributed by atoms with Gasteiger partial charge in [0.25, 0.3) is 5.91 Å². The van der Waals surface area contributed by atoms with Gasteiger partial charge in [-0.05, 0) is 38.1 Å². The van der Waals surface area contributed by atoms with Crippen LogP contribution in [0.5, 0.6) is 5.75 Å². The summed E-state index contributed by atoms with van der Waals surface area (Å²) in [6.07, 6.45) is 1.58. The monoisotopic (exact) mass is 282 g/mol. The van der Waals surface area contributed by atoms with E-state index in [0.29, 0.717) is 12.2 Å². The zero-order valence-corrected chi connectivity index (χ0v) is 12.2. The molecule has 0 atom stereocenters. The lowest BCUT2D eigenvalue weighted by Crippen LogP contribution is -2.17. The number of ether oxygens (including phenoxy) is 1. The third-order valence-corrected chi connectivity index (χ3v) is 2.90. The Morgan fingerprint density at radius 1 is 1.19 bits per heavy atom. The van der Waals surface area contributed by atoms with E-state index in [-0.39, 0.29) is 5.91 Å². The number of amides is 1.